The SMILES string of the molecule is C/C=C\C=C(/S)C1CCC2=C(C1)NCC(C)=C(COC)C2c1ccc(F)cc1. The smallest absolute Gasteiger partial charge is 0.123 e. The van der Waals surface area contributed by atoms with Crippen molar-refractivity contribution < 1.29 is 9.13 Å². The fraction of sp³-hybridized carbons (Fsp3) is 0.417. The second-order valence-corrected chi connectivity index (χ2v) is 8.15. The molecule has 4 heteroatoms. The highest BCUT2D eigenvalue weighted by Crippen LogP contribution is 2.45. The molecule has 0 saturated heterocycles. The molecule has 1 aliphatic heterocycles. The molecule has 1 N–H and O–H groups in total. The summed E-state index contributed by atoms with van der Waals surface area (Å²) in [7, 11) is 1.74. The van der Waals surface area contributed by atoms with Gasteiger partial charge in [0.05, 0.1) is 6.61 Å². The zero-order chi connectivity index (χ0) is 20.1. The number of allylic oxidation sites excluding steroid dienone is 6. The third-order valence-corrected chi connectivity index (χ3v) is 6.31. The molecule has 3 rings (SSSR count). The van der Waals surface area contributed by atoms with E-state index < -0.39 is 0 Å². The van der Waals surface area contributed by atoms with Gasteiger partial charge in [-0.3, -0.25) is 0 Å². The highest BCUT2D eigenvalue weighted by Gasteiger charge is 2.32. The number of methoxy groups -OCH3 is 1. The lowest BCUT2D eigenvalue weighted by atomic mass is 9.75. The number of nitrogens with one attached hydrogen (secondary N) is 1. The number of rotatable bonds is 5. The molecular formula is C24H30FNOS. The van der Waals surface area contributed by atoms with Crippen molar-refractivity contribution in [2.45, 2.75) is 39.0 Å². The van der Waals surface area contributed by atoms with Crippen molar-refractivity contribution in [3.05, 3.63) is 81.2 Å². The molecule has 0 amide bonds. The summed E-state index contributed by atoms with van der Waals surface area (Å²) in [6, 6.07) is 6.96. The van der Waals surface area contributed by atoms with Crippen molar-refractivity contribution in [3.63, 3.8) is 0 Å². The Balaban J connectivity index is 2.01. The highest BCUT2D eigenvalue weighted by atomic mass is 32.1. The number of benzene rings is 1. The standard InChI is InChI=1S/C24H30FNOS/c1-4-5-6-23(28)18-9-12-20-22(13-18)26-14-16(2)21(15-27-3)24(20)17-7-10-19(25)11-8-17/h4-8,10-11,18,24,26,28H,9,12-15H2,1-3H3/b5-4-,23-6-. The predicted octanol–water partition coefficient (Wildman–Crippen LogP) is 5.92. The molecule has 2 atom stereocenters. The summed E-state index contributed by atoms with van der Waals surface area (Å²) in [5, 5.41) is 3.69. The first-order valence-corrected chi connectivity index (χ1v) is 10.4. The second kappa shape index (κ2) is 9.62. The van der Waals surface area contributed by atoms with E-state index in [2.05, 4.69) is 24.4 Å². The Hall–Kier alpha value is -1.78. The quantitative estimate of drug-likeness (QED) is 0.364. The van der Waals surface area contributed by atoms with Crippen LogP contribution in [0.1, 0.15) is 44.6 Å². The maximum atomic E-state index is 13.5. The molecule has 1 aromatic carbocycles. The normalized spacial score (nSPS) is 23.7. The maximum Gasteiger partial charge on any atom is 0.123 e. The van der Waals surface area contributed by atoms with Crippen LogP contribution in [0.2, 0.25) is 0 Å². The van der Waals surface area contributed by atoms with Gasteiger partial charge in [-0.15, -0.1) is 12.6 Å². The number of halogens is 1. The van der Waals surface area contributed by atoms with Crippen molar-refractivity contribution in [1.29, 1.82) is 0 Å². The number of thiol groups is 1. The average Bonchev–Trinajstić information content (AvgIpc) is 2.84. The van der Waals surface area contributed by atoms with Gasteiger partial charge in [0, 0.05) is 25.3 Å². The van der Waals surface area contributed by atoms with E-state index in [0.717, 1.165) is 36.3 Å². The van der Waals surface area contributed by atoms with Gasteiger partial charge in [0.15, 0.2) is 0 Å². The van der Waals surface area contributed by atoms with E-state index in [1.54, 1.807) is 19.2 Å². The van der Waals surface area contributed by atoms with Crippen molar-refractivity contribution in [1.82, 2.24) is 5.32 Å². The zero-order valence-electron chi connectivity index (χ0n) is 17.0. The molecule has 0 radical (unpaired) electrons. The van der Waals surface area contributed by atoms with Crippen LogP contribution in [-0.2, 0) is 4.74 Å². The molecule has 2 nitrogen and oxygen atoms in total. The predicted molar refractivity (Wildman–Crippen MR) is 118 cm³/mol. The van der Waals surface area contributed by atoms with Crippen molar-refractivity contribution in [3.8, 4) is 0 Å². The third kappa shape index (κ3) is 4.61. The molecule has 2 aliphatic rings. The Morgan fingerprint density at radius 3 is 2.75 bits per heavy atom. The zero-order valence-corrected chi connectivity index (χ0v) is 17.9. The maximum absolute atomic E-state index is 13.5. The Morgan fingerprint density at radius 2 is 2.07 bits per heavy atom. The van der Waals surface area contributed by atoms with Crippen LogP contribution in [0.3, 0.4) is 0 Å². The van der Waals surface area contributed by atoms with E-state index in [0.29, 0.717) is 12.5 Å². The van der Waals surface area contributed by atoms with Crippen molar-refractivity contribution in [2.75, 3.05) is 20.3 Å². The van der Waals surface area contributed by atoms with E-state index in [1.807, 2.05) is 25.1 Å². The molecule has 1 heterocycles. The van der Waals surface area contributed by atoms with Gasteiger partial charge in [0.25, 0.3) is 0 Å². The first-order valence-electron chi connectivity index (χ1n) is 9.95. The van der Waals surface area contributed by atoms with E-state index in [1.165, 1.54) is 22.4 Å². The van der Waals surface area contributed by atoms with E-state index in [4.69, 9.17) is 17.4 Å². The molecule has 28 heavy (non-hydrogen) atoms. The molecule has 1 aliphatic carbocycles. The summed E-state index contributed by atoms with van der Waals surface area (Å²) >= 11 is 4.75. The fourth-order valence-corrected chi connectivity index (χ4v) is 4.58. The molecule has 1 aromatic rings. The van der Waals surface area contributed by atoms with Crippen LogP contribution >= 0.6 is 12.6 Å². The summed E-state index contributed by atoms with van der Waals surface area (Å²) in [5.74, 6) is 0.384. The minimum absolute atomic E-state index is 0.148. The molecular weight excluding hydrogens is 369 g/mol. The number of ether oxygens (including phenoxy) is 1. The Bertz CT molecular complexity index is 820. The third-order valence-electron chi connectivity index (χ3n) is 5.79. The molecule has 0 aromatic heterocycles. The fourth-order valence-electron chi connectivity index (χ4n) is 4.28. The second-order valence-electron chi connectivity index (χ2n) is 7.64. The minimum atomic E-state index is -0.198. The summed E-state index contributed by atoms with van der Waals surface area (Å²) in [6.07, 6.45) is 9.23. The molecule has 150 valence electrons. The van der Waals surface area contributed by atoms with Gasteiger partial charge in [-0.05, 0) is 72.8 Å². The first-order chi connectivity index (χ1) is 13.5. The van der Waals surface area contributed by atoms with Crippen molar-refractivity contribution >= 4 is 12.6 Å². The molecule has 0 saturated carbocycles. The largest absolute Gasteiger partial charge is 0.385 e. The lowest BCUT2D eigenvalue weighted by Gasteiger charge is -2.32. The lowest BCUT2D eigenvalue weighted by molar-refractivity contribution is 0.220. The molecule has 2 unspecified atom stereocenters. The molecule has 0 spiro atoms. The summed E-state index contributed by atoms with van der Waals surface area (Å²) in [6.45, 7) is 5.60. The Labute approximate surface area is 173 Å². The van der Waals surface area contributed by atoms with Crippen molar-refractivity contribution in [2.24, 2.45) is 5.92 Å². The van der Waals surface area contributed by atoms with Crippen LogP contribution in [0.4, 0.5) is 4.39 Å². The highest BCUT2D eigenvalue weighted by molar-refractivity contribution is 7.84. The number of hydrogen-bond acceptors (Lipinski definition) is 3. The summed E-state index contributed by atoms with van der Waals surface area (Å²) < 4.78 is 19.1. The van der Waals surface area contributed by atoms with Gasteiger partial charge in [0.2, 0.25) is 0 Å². The Morgan fingerprint density at radius 1 is 1.32 bits per heavy atom. The van der Waals surface area contributed by atoms with Gasteiger partial charge >= 0.3 is 0 Å². The molecule has 0 bridgehead atoms. The van der Waals surface area contributed by atoms with Crippen LogP contribution in [0, 0.1) is 11.7 Å². The van der Waals surface area contributed by atoms with E-state index in [9.17, 15) is 4.39 Å². The van der Waals surface area contributed by atoms with Gasteiger partial charge in [0.1, 0.15) is 5.82 Å². The van der Waals surface area contributed by atoms with E-state index in [-0.39, 0.29) is 11.7 Å². The number of hydrogen-bond donors (Lipinski definition) is 2. The minimum Gasteiger partial charge on any atom is -0.385 e. The first kappa shape index (κ1) is 20.9. The summed E-state index contributed by atoms with van der Waals surface area (Å²) in [5.41, 5.74) is 6.46. The van der Waals surface area contributed by atoms with Crippen LogP contribution in [0.5, 0.6) is 0 Å². The summed E-state index contributed by atoms with van der Waals surface area (Å²) in [4.78, 5) is 1.14. The van der Waals surface area contributed by atoms with Crippen LogP contribution in [0.15, 0.2) is 69.8 Å². The van der Waals surface area contributed by atoms with Gasteiger partial charge in [-0.1, -0.05) is 35.9 Å². The lowest BCUT2D eigenvalue weighted by Crippen LogP contribution is -2.23. The Kier molecular flexibility index (Phi) is 7.19. The van der Waals surface area contributed by atoms with E-state index >= 15 is 0 Å². The van der Waals surface area contributed by atoms with Crippen LogP contribution in [0.25, 0.3) is 0 Å². The van der Waals surface area contributed by atoms with Gasteiger partial charge in [-0.25, -0.2) is 4.39 Å². The average molecular weight is 400 g/mol. The molecule has 0 fully saturated rings. The van der Waals surface area contributed by atoms with Crippen LogP contribution < -0.4 is 5.32 Å². The topological polar surface area (TPSA) is 21.3 Å². The van der Waals surface area contributed by atoms with Gasteiger partial charge < -0.3 is 10.1 Å². The van der Waals surface area contributed by atoms with Gasteiger partial charge in [-0.2, -0.15) is 0 Å². The monoisotopic (exact) mass is 399 g/mol. The van der Waals surface area contributed by atoms with Crippen LogP contribution in [-0.4, -0.2) is 20.3 Å².